The molecule has 7 nitrogen and oxygen atoms in total. The second kappa shape index (κ2) is 7.79. The lowest BCUT2D eigenvalue weighted by Crippen LogP contribution is -2.48. The van der Waals surface area contributed by atoms with E-state index in [0.717, 1.165) is 11.1 Å². The van der Waals surface area contributed by atoms with E-state index in [-0.39, 0.29) is 6.03 Å². The van der Waals surface area contributed by atoms with E-state index >= 15 is 0 Å². The average Bonchev–Trinajstić information content (AvgIpc) is 3.17. The molecule has 0 fully saturated rings. The molecule has 1 aromatic heterocycles. The van der Waals surface area contributed by atoms with E-state index in [2.05, 4.69) is 20.8 Å². The number of aromatic nitrogens is 2. The van der Waals surface area contributed by atoms with Gasteiger partial charge >= 0.3 is 6.03 Å². The van der Waals surface area contributed by atoms with Gasteiger partial charge in [0.05, 0.1) is 12.1 Å². The monoisotopic (exact) mass is 352 g/mol. The summed E-state index contributed by atoms with van der Waals surface area (Å²) >= 11 is 0. The Balaban J connectivity index is 1.74. The SMILES string of the molecule is COC[C@](C)(NC(=O)Nc1cccc(-c2nnco2)c1)c1ccccc1. The number of urea groups is 1. The number of hydrogen-bond donors (Lipinski definition) is 2. The van der Waals surface area contributed by atoms with Gasteiger partial charge in [0.2, 0.25) is 12.3 Å². The molecule has 1 heterocycles. The van der Waals surface area contributed by atoms with Gasteiger partial charge in [0, 0.05) is 18.4 Å². The lowest BCUT2D eigenvalue weighted by Gasteiger charge is -2.30. The molecule has 0 saturated heterocycles. The maximum Gasteiger partial charge on any atom is 0.320 e. The van der Waals surface area contributed by atoms with Crippen molar-refractivity contribution in [3.8, 4) is 11.5 Å². The van der Waals surface area contributed by atoms with Gasteiger partial charge in [0.25, 0.3) is 0 Å². The van der Waals surface area contributed by atoms with Crippen LogP contribution < -0.4 is 10.6 Å². The predicted octanol–water partition coefficient (Wildman–Crippen LogP) is 3.42. The molecule has 2 amide bonds. The van der Waals surface area contributed by atoms with Crippen molar-refractivity contribution in [3.05, 3.63) is 66.6 Å². The van der Waals surface area contributed by atoms with Crippen LogP contribution in [-0.4, -0.2) is 29.9 Å². The van der Waals surface area contributed by atoms with Crippen LogP contribution in [0.5, 0.6) is 0 Å². The summed E-state index contributed by atoms with van der Waals surface area (Å²) in [4.78, 5) is 12.5. The minimum atomic E-state index is -0.663. The molecule has 134 valence electrons. The largest absolute Gasteiger partial charge is 0.423 e. The van der Waals surface area contributed by atoms with Crippen LogP contribution in [0.15, 0.2) is 65.4 Å². The van der Waals surface area contributed by atoms with Crippen LogP contribution in [-0.2, 0) is 10.3 Å². The second-order valence-electron chi connectivity index (χ2n) is 6.03. The second-order valence-corrected chi connectivity index (χ2v) is 6.03. The highest BCUT2D eigenvalue weighted by atomic mass is 16.5. The third kappa shape index (κ3) is 4.07. The minimum absolute atomic E-state index is 0.337. The summed E-state index contributed by atoms with van der Waals surface area (Å²) in [6.07, 6.45) is 1.26. The molecule has 1 atom stereocenters. The van der Waals surface area contributed by atoms with E-state index in [0.29, 0.717) is 18.2 Å². The zero-order valence-electron chi connectivity index (χ0n) is 14.6. The summed E-state index contributed by atoms with van der Waals surface area (Å²) < 4.78 is 10.5. The molecule has 0 aliphatic carbocycles. The summed E-state index contributed by atoms with van der Waals surface area (Å²) in [5.41, 5.74) is 1.63. The van der Waals surface area contributed by atoms with Crippen LogP contribution in [0.4, 0.5) is 10.5 Å². The molecule has 2 N–H and O–H groups in total. The number of benzene rings is 2. The van der Waals surface area contributed by atoms with Gasteiger partial charge in [0.15, 0.2) is 0 Å². The third-order valence-corrected chi connectivity index (χ3v) is 3.96. The van der Waals surface area contributed by atoms with Gasteiger partial charge in [-0.05, 0) is 30.7 Å². The molecule has 2 aromatic carbocycles. The third-order valence-electron chi connectivity index (χ3n) is 3.96. The number of nitrogens with zero attached hydrogens (tertiary/aromatic N) is 2. The lowest BCUT2D eigenvalue weighted by molar-refractivity contribution is 0.123. The first-order chi connectivity index (χ1) is 12.6. The summed E-state index contributed by atoms with van der Waals surface area (Å²) in [6.45, 7) is 2.26. The quantitative estimate of drug-likeness (QED) is 0.709. The Morgan fingerprint density at radius 2 is 2.00 bits per heavy atom. The van der Waals surface area contributed by atoms with Crippen LogP contribution in [0.1, 0.15) is 12.5 Å². The van der Waals surface area contributed by atoms with Gasteiger partial charge in [-0.1, -0.05) is 36.4 Å². The number of carbonyl (C=O) groups is 1. The van der Waals surface area contributed by atoms with Crippen LogP contribution in [0, 0.1) is 0 Å². The van der Waals surface area contributed by atoms with Crippen molar-refractivity contribution in [2.24, 2.45) is 0 Å². The first kappa shape index (κ1) is 17.6. The molecular formula is C19H20N4O3. The molecule has 0 radical (unpaired) electrons. The predicted molar refractivity (Wildman–Crippen MR) is 97.6 cm³/mol. The summed E-state index contributed by atoms with van der Waals surface area (Å²) in [5, 5.41) is 13.3. The van der Waals surface area contributed by atoms with Crippen molar-refractivity contribution in [2.45, 2.75) is 12.5 Å². The Labute approximate surface area is 151 Å². The van der Waals surface area contributed by atoms with Gasteiger partial charge in [0.1, 0.15) is 0 Å². The number of carbonyl (C=O) groups excluding carboxylic acids is 1. The highest BCUT2D eigenvalue weighted by Crippen LogP contribution is 2.23. The maximum absolute atomic E-state index is 12.5. The summed E-state index contributed by atoms with van der Waals surface area (Å²) in [5.74, 6) is 0.391. The fourth-order valence-electron chi connectivity index (χ4n) is 2.73. The van der Waals surface area contributed by atoms with Gasteiger partial charge < -0.3 is 19.8 Å². The lowest BCUT2D eigenvalue weighted by atomic mass is 9.93. The molecule has 0 unspecified atom stereocenters. The van der Waals surface area contributed by atoms with Crippen molar-refractivity contribution in [2.75, 3.05) is 19.0 Å². The fourth-order valence-corrected chi connectivity index (χ4v) is 2.73. The zero-order chi connectivity index (χ0) is 18.4. The number of ether oxygens (including phenoxy) is 1. The Bertz CT molecular complexity index is 852. The summed E-state index contributed by atoms with van der Waals surface area (Å²) in [7, 11) is 1.61. The van der Waals surface area contributed by atoms with E-state index in [4.69, 9.17) is 9.15 Å². The van der Waals surface area contributed by atoms with Crippen LogP contribution >= 0.6 is 0 Å². The molecular weight excluding hydrogens is 332 g/mol. The van der Waals surface area contributed by atoms with E-state index in [1.54, 1.807) is 25.3 Å². The Kier molecular flexibility index (Phi) is 5.28. The van der Waals surface area contributed by atoms with Crippen molar-refractivity contribution in [1.82, 2.24) is 15.5 Å². The number of methoxy groups -OCH3 is 1. The number of amides is 2. The standard InChI is InChI=1S/C19H20N4O3/c1-19(12-25-2,15-8-4-3-5-9-15)22-18(24)21-16-10-6-7-14(11-16)17-23-20-13-26-17/h3-11,13H,12H2,1-2H3,(H2,21,22,24)/t19-/m0/s1. The van der Waals surface area contributed by atoms with Crippen molar-refractivity contribution in [3.63, 3.8) is 0 Å². The van der Waals surface area contributed by atoms with Gasteiger partial charge in [-0.2, -0.15) is 0 Å². The number of nitrogens with one attached hydrogen (secondary N) is 2. The van der Waals surface area contributed by atoms with E-state index in [9.17, 15) is 4.79 Å². The van der Waals surface area contributed by atoms with Crippen molar-refractivity contribution < 1.29 is 13.9 Å². The highest BCUT2D eigenvalue weighted by Gasteiger charge is 2.28. The Morgan fingerprint density at radius 1 is 1.19 bits per heavy atom. The van der Waals surface area contributed by atoms with E-state index in [1.807, 2.05) is 43.3 Å². The molecule has 0 aliphatic rings. The molecule has 0 bridgehead atoms. The first-order valence-corrected chi connectivity index (χ1v) is 8.11. The molecule has 0 saturated carbocycles. The Hall–Kier alpha value is -3.19. The molecule has 3 aromatic rings. The minimum Gasteiger partial charge on any atom is -0.423 e. The zero-order valence-corrected chi connectivity index (χ0v) is 14.6. The molecule has 26 heavy (non-hydrogen) atoms. The topological polar surface area (TPSA) is 89.3 Å². The van der Waals surface area contributed by atoms with Crippen LogP contribution in [0.2, 0.25) is 0 Å². The fraction of sp³-hybridized carbons (Fsp3) is 0.211. The Morgan fingerprint density at radius 3 is 2.69 bits per heavy atom. The molecule has 0 aliphatic heterocycles. The van der Waals surface area contributed by atoms with Gasteiger partial charge in [-0.25, -0.2) is 4.79 Å². The van der Waals surface area contributed by atoms with Crippen LogP contribution in [0.25, 0.3) is 11.5 Å². The molecule has 0 spiro atoms. The maximum atomic E-state index is 12.5. The average molecular weight is 352 g/mol. The number of hydrogen-bond acceptors (Lipinski definition) is 5. The van der Waals surface area contributed by atoms with E-state index < -0.39 is 5.54 Å². The van der Waals surface area contributed by atoms with Gasteiger partial charge in [-0.15, -0.1) is 10.2 Å². The van der Waals surface area contributed by atoms with Crippen molar-refractivity contribution in [1.29, 1.82) is 0 Å². The van der Waals surface area contributed by atoms with Crippen molar-refractivity contribution >= 4 is 11.7 Å². The normalized spacial score (nSPS) is 13.0. The first-order valence-electron chi connectivity index (χ1n) is 8.11. The number of anilines is 1. The summed E-state index contributed by atoms with van der Waals surface area (Å²) in [6, 6.07) is 16.5. The number of rotatable bonds is 6. The smallest absolute Gasteiger partial charge is 0.320 e. The molecule has 3 rings (SSSR count). The van der Waals surface area contributed by atoms with E-state index in [1.165, 1.54) is 6.39 Å². The highest BCUT2D eigenvalue weighted by molar-refractivity contribution is 5.90. The molecule has 7 heteroatoms. The van der Waals surface area contributed by atoms with Crippen LogP contribution in [0.3, 0.4) is 0 Å². The van der Waals surface area contributed by atoms with Gasteiger partial charge in [-0.3, -0.25) is 0 Å².